The van der Waals surface area contributed by atoms with Crippen molar-refractivity contribution in [1.29, 1.82) is 0 Å². The number of hydrogen-bond donors (Lipinski definition) is 2. The van der Waals surface area contributed by atoms with E-state index < -0.39 is 12.0 Å². The molecule has 1 aromatic carbocycles. The molecule has 0 amide bonds. The van der Waals surface area contributed by atoms with Crippen LogP contribution in [0.2, 0.25) is 0 Å². The number of benzene rings is 1. The first-order valence-electron chi connectivity index (χ1n) is 6.64. The summed E-state index contributed by atoms with van der Waals surface area (Å²) in [6, 6.07) is 5.35. The normalized spacial score (nSPS) is 27.3. The Kier molecular flexibility index (Phi) is 2.93. The molecule has 1 heterocycles. The van der Waals surface area contributed by atoms with Gasteiger partial charge in [0, 0.05) is 11.8 Å². The fourth-order valence-corrected chi connectivity index (χ4v) is 3.11. The first-order valence-corrected chi connectivity index (χ1v) is 6.64. The van der Waals surface area contributed by atoms with Crippen LogP contribution in [-0.2, 0) is 4.79 Å². The van der Waals surface area contributed by atoms with Crippen LogP contribution < -0.4 is 10.1 Å². The van der Waals surface area contributed by atoms with Gasteiger partial charge in [0.05, 0.1) is 12.3 Å². The molecule has 19 heavy (non-hydrogen) atoms. The van der Waals surface area contributed by atoms with Gasteiger partial charge in [0.25, 0.3) is 0 Å². The van der Waals surface area contributed by atoms with E-state index in [4.69, 9.17) is 4.74 Å². The number of fused-ring (bicyclic) bond motifs is 3. The van der Waals surface area contributed by atoms with Crippen molar-refractivity contribution in [2.45, 2.75) is 25.3 Å². The van der Waals surface area contributed by atoms with Crippen LogP contribution in [0.15, 0.2) is 30.4 Å². The van der Waals surface area contributed by atoms with Gasteiger partial charge < -0.3 is 15.2 Å². The fraction of sp³-hybridized carbons (Fsp3) is 0.400. The molecule has 0 saturated heterocycles. The van der Waals surface area contributed by atoms with E-state index in [0.717, 1.165) is 23.4 Å². The van der Waals surface area contributed by atoms with Crippen LogP contribution in [0.3, 0.4) is 0 Å². The summed E-state index contributed by atoms with van der Waals surface area (Å²) in [5.41, 5.74) is 1.98. The topological polar surface area (TPSA) is 58.6 Å². The molecule has 0 unspecified atom stereocenters. The number of para-hydroxylation sites is 1. The Balaban J connectivity index is 2.07. The molecule has 4 nitrogen and oxygen atoms in total. The van der Waals surface area contributed by atoms with Gasteiger partial charge in [-0.15, -0.1) is 0 Å². The molecule has 0 aromatic heterocycles. The van der Waals surface area contributed by atoms with Crippen LogP contribution in [0, 0.1) is 5.92 Å². The zero-order chi connectivity index (χ0) is 13.4. The summed E-state index contributed by atoms with van der Waals surface area (Å²) in [6.07, 6.45) is 5.01. The lowest BCUT2D eigenvalue weighted by molar-refractivity contribution is -0.139. The molecule has 2 N–H and O–H groups in total. The minimum atomic E-state index is -0.796. The lowest BCUT2D eigenvalue weighted by Gasteiger charge is -2.35. The Morgan fingerprint density at radius 1 is 1.53 bits per heavy atom. The molecule has 0 radical (unpaired) electrons. The number of carboxylic acid groups (broad SMARTS) is 1. The average molecular weight is 259 g/mol. The van der Waals surface area contributed by atoms with Gasteiger partial charge in [-0.3, -0.25) is 0 Å². The number of carboxylic acids is 1. The molecule has 3 atom stereocenters. The number of rotatable bonds is 3. The van der Waals surface area contributed by atoms with Crippen molar-refractivity contribution in [3.8, 4) is 5.75 Å². The molecule has 100 valence electrons. The lowest BCUT2D eigenvalue weighted by Crippen LogP contribution is -2.41. The second-order valence-corrected chi connectivity index (χ2v) is 4.97. The Bertz CT molecular complexity index is 538. The van der Waals surface area contributed by atoms with Crippen molar-refractivity contribution in [2.75, 3.05) is 11.9 Å². The molecule has 0 saturated carbocycles. The molecule has 1 aromatic rings. The highest BCUT2D eigenvalue weighted by Gasteiger charge is 2.41. The molecule has 0 fully saturated rings. The van der Waals surface area contributed by atoms with Crippen LogP contribution in [0.25, 0.3) is 0 Å². The number of carbonyl (C=O) groups is 1. The highest BCUT2D eigenvalue weighted by atomic mass is 16.5. The lowest BCUT2D eigenvalue weighted by atomic mass is 9.79. The Morgan fingerprint density at radius 2 is 2.37 bits per heavy atom. The van der Waals surface area contributed by atoms with E-state index in [2.05, 4.69) is 23.5 Å². The molecule has 1 aliphatic carbocycles. The summed E-state index contributed by atoms with van der Waals surface area (Å²) in [5, 5.41) is 12.6. The van der Waals surface area contributed by atoms with Gasteiger partial charge in [0.2, 0.25) is 0 Å². The monoisotopic (exact) mass is 259 g/mol. The van der Waals surface area contributed by atoms with E-state index in [1.165, 1.54) is 0 Å². The maximum Gasteiger partial charge on any atom is 0.326 e. The Hall–Kier alpha value is -1.97. The zero-order valence-electron chi connectivity index (χ0n) is 10.8. The van der Waals surface area contributed by atoms with Crippen LogP contribution in [0.5, 0.6) is 5.75 Å². The van der Waals surface area contributed by atoms with Gasteiger partial charge in [0.15, 0.2) is 0 Å². The fourth-order valence-electron chi connectivity index (χ4n) is 3.11. The maximum absolute atomic E-state index is 11.4. The van der Waals surface area contributed by atoms with Crippen LogP contribution in [-0.4, -0.2) is 23.7 Å². The van der Waals surface area contributed by atoms with E-state index >= 15 is 0 Å². The Labute approximate surface area is 112 Å². The van der Waals surface area contributed by atoms with Crippen molar-refractivity contribution >= 4 is 11.7 Å². The predicted octanol–water partition coefficient (Wildman–Crippen LogP) is 2.62. The second-order valence-electron chi connectivity index (χ2n) is 4.97. The van der Waals surface area contributed by atoms with Gasteiger partial charge >= 0.3 is 5.97 Å². The number of nitrogens with one attached hydrogen (secondary N) is 1. The predicted molar refractivity (Wildman–Crippen MR) is 72.6 cm³/mol. The van der Waals surface area contributed by atoms with Gasteiger partial charge in [-0.25, -0.2) is 4.79 Å². The molecular weight excluding hydrogens is 242 g/mol. The van der Waals surface area contributed by atoms with Crippen molar-refractivity contribution in [3.63, 3.8) is 0 Å². The van der Waals surface area contributed by atoms with Crippen molar-refractivity contribution in [3.05, 3.63) is 35.9 Å². The minimum Gasteiger partial charge on any atom is -0.492 e. The van der Waals surface area contributed by atoms with E-state index in [9.17, 15) is 9.90 Å². The standard InChI is InChI=1S/C15H17NO3/c1-2-19-12-8-4-7-10-9-5-3-6-11(9)14(15(17)18)16-13(10)12/h3-5,7-9,11,14,16H,2,6H2,1H3,(H,17,18)/t9-,11-,14+/m0/s1. The first-order chi connectivity index (χ1) is 9.22. The third-order valence-corrected chi connectivity index (χ3v) is 3.92. The van der Waals surface area contributed by atoms with Crippen LogP contribution >= 0.6 is 0 Å². The third kappa shape index (κ3) is 1.87. The molecule has 3 rings (SSSR count). The van der Waals surface area contributed by atoms with Crippen LogP contribution in [0.1, 0.15) is 24.8 Å². The number of aliphatic carboxylic acids is 1. The first kappa shape index (κ1) is 12.1. The molecule has 0 bridgehead atoms. The molecule has 4 heteroatoms. The average Bonchev–Trinajstić information content (AvgIpc) is 2.87. The van der Waals surface area contributed by atoms with Gasteiger partial charge in [-0.2, -0.15) is 0 Å². The summed E-state index contributed by atoms with van der Waals surface area (Å²) in [7, 11) is 0. The largest absolute Gasteiger partial charge is 0.492 e. The smallest absolute Gasteiger partial charge is 0.326 e. The van der Waals surface area contributed by atoms with Crippen molar-refractivity contribution in [1.82, 2.24) is 0 Å². The summed E-state index contributed by atoms with van der Waals surface area (Å²) in [6.45, 7) is 2.50. The zero-order valence-corrected chi connectivity index (χ0v) is 10.8. The third-order valence-electron chi connectivity index (χ3n) is 3.92. The quantitative estimate of drug-likeness (QED) is 0.819. The van der Waals surface area contributed by atoms with Crippen LogP contribution in [0.4, 0.5) is 5.69 Å². The van der Waals surface area contributed by atoms with Crippen molar-refractivity contribution < 1.29 is 14.6 Å². The number of anilines is 1. The SMILES string of the molecule is CCOc1cccc2c1N[C@@H](C(=O)O)[C@H]1CC=C[C@@H]21. The molecular formula is C15H17NO3. The maximum atomic E-state index is 11.4. The number of allylic oxidation sites excluding steroid dienone is 2. The summed E-state index contributed by atoms with van der Waals surface area (Å²) >= 11 is 0. The molecule has 2 aliphatic rings. The van der Waals surface area contributed by atoms with Crippen molar-refractivity contribution in [2.24, 2.45) is 5.92 Å². The highest BCUT2D eigenvalue weighted by molar-refractivity contribution is 5.82. The van der Waals surface area contributed by atoms with Gasteiger partial charge in [0.1, 0.15) is 11.8 Å². The summed E-state index contributed by atoms with van der Waals surface area (Å²) in [4.78, 5) is 11.4. The molecule has 1 aliphatic heterocycles. The van der Waals surface area contributed by atoms with E-state index in [-0.39, 0.29) is 11.8 Å². The minimum absolute atomic E-state index is 0.0990. The van der Waals surface area contributed by atoms with E-state index in [1.807, 2.05) is 19.1 Å². The summed E-state index contributed by atoms with van der Waals surface area (Å²) < 4.78 is 5.60. The van der Waals surface area contributed by atoms with Gasteiger partial charge in [-0.05, 0) is 25.0 Å². The highest BCUT2D eigenvalue weighted by Crippen LogP contribution is 2.47. The van der Waals surface area contributed by atoms with Gasteiger partial charge in [-0.1, -0.05) is 24.3 Å². The van der Waals surface area contributed by atoms with E-state index in [0.29, 0.717) is 6.61 Å². The molecule has 0 spiro atoms. The number of hydrogen-bond acceptors (Lipinski definition) is 3. The second kappa shape index (κ2) is 4.61. The number of ether oxygens (including phenoxy) is 1. The summed E-state index contributed by atoms with van der Waals surface area (Å²) in [5.74, 6) is 0.222. The van der Waals surface area contributed by atoms with E-state index in [1.54, 1.807) is 0 Å². The Morgan fingerprint density at radius 3 is 3.11 bits per heavy atom.